The van der Waals surface area contributed by atoms with Crippen LogP contribution in [-0.4, -0.2) is 33.0 Å². The van der Waals surface area contributed by atoms with E-state index in [1.54, 1.807) is 11.6 Å². The molecule has 0 spiro atoms. The van der Waals surface area contributed by atoms with E-state index in [0.29, 0.717) is 12.4 Å². The number of nitrogens with one attached hydrogen (secondary N) is 1. The van der Waals surface area contributed by atoms with Gasteiger partial charge in [-0.15, -0.1) is 0 Å². The fourth-order valence-electron chi connectivity index (χ4n) is 1.48. The largest absolute Gasteiger partial charge is 0.550 e. The molecule has 8 nitrogen and oxygen atoms in total. The Kier molecular flexibility index (Phi) is 5.68. The molecular formula is C12H13NO7S-2. The zero-order valence-electron chi connectivity index (χ0n) is 11.1. The van der Waals surface area contributed by atoms with Crippen LogP contribution in [-0.2, 0) is 19.6 Å². The summed E-state index contributed by atoms with van der Waals surface area (Å²) >= 11 is 0. The van der Waals surface area contributed by atoms with Crippen molar-refractivity contribution in [3.05, 3.63) is 24.3 Å². The summed E-state index contributed by atoms with van der Waals surface area (Å²) in [5, 5.41) is 21.1. The van der Waals surface area contributed by atoms with Crippen molar-refractivity contribution in [2.45, 2.75) is 24.3 Å². The summed E-state index contributed by atoms with van der Waals surface area (Å²) in [5.41, 5.74) is 0. The summed E-state index contributed by atoms with van der Waals surface area (Å²) in [6.45, 7) is 2.17. The number of carbonyl (C=O) groups excluding carboxylic acids is 2. The molecule has 9 heteroatoms. The number of ether oxygens (including phenoxy) is 1. The normalized spacial score (nSPS) is 12.6. The lowest BCUT2D eigenvalue weighted by molar-refractivity contribution is -0.317. The van der Waals surface area contributed by atoms with Gasteiger partial charge in [0.15, 0.2) is 0 Å². The Bertz CT molecular complexity index is 609. The van der Waals surface area contributed by atoms with E-state index < -0.39 is 34.4 Å². The van der Waals surface area contributed by atoms with Crippen molar-refractivity contribution < 1.29 is 33.0 Å². The summed E-state index contributed by atoms with van der Waals surface area (Å²) in [7, 11) is -4.20. The maximum Gasteiger partial charge on any atom is 0.241 e. The van der Waals surface area contributed by atoms with Gasteiger partial charge in [-0.05, 0) is 31.2 Å². The highest BCUT2D eigenvalue weighted by atomic mass is 32.2. The second-order valence-electron chi connectivity index (χ2n) is 3.97. The molecule has 1 N–H and O–H groups in total. The quantitative estimate of drug-likeness (QED) is 0.566. The fourth-order valence-corrected chi connectivity index (χ4v) is 2.66. The molecule has 0 fully saturated rings. The van der Waals surface area contributed by atoms with Gasteiger partial charge in [-0.1, -0.05) is 0 Å². The Hall–Kier alpha value is -2.13. The van der Waals surface area contributed by atoms with Crippen LogP contribution in [0.3, 0.4) is 0 Å². The van der Waals surface area contributed by atoms with E-state index in [1.807, 2.05) is 0 Å². The van der Waals surface area contributed by atoms with E-state index in [2.05, 4.69) is 0 Å². The van der Waals surface area contributed by atoms with Crippen LogP contribution < -0.4 is 19.7 Å². The molecular weight excluding hydrogens is 302 g/mol. The molecule has 0 aliphatic carbocycles. The molecule has 1 rings (SSSR count). The molecule has 116 valence electrons. The molecule has 0 saturated carbocycles. The topological polar surface area (TPSA) is 136 Å². The lowest BCUT2D eigenvalue weighted by atomic mass is 10.2. The minimum atomic E-state index is -4.20. The number of carbonyl (C=O) groups is 2. The van der Waals surface area contributed by atoms with Gasteiger partial charge in [0, 0.05) is 12.4 Å². The molecule has 1 aromatic rings. The van der Waals surface area contributed by atoms with Gasteiger partial charge >= 0.3 is 0 Å². The summed E-state index contributed by atoms with van der Waals surface area (Å²) in [5.74, 6) is -3.12. The third kappa shape index (κ3) is 5.04. The van der Waals surface area contributed by atoms with E-state index in [1.165, 1.54) is 24.3 Å². The number of hydrogen-bond acceptors (Lipinski definition) is 7. The first-order chi connectivity index (χ1) is 9.76. The SMILES string of the molecule is CCOc1ccc(S(=O)(=O)N[C@H](CC(=O)[O-])C(=O)[O-])cc1. The molecule has 0 saturated heterocycles. The smallest absolute Gasteiger partial charge is 0.241 e. The second kappa shape index (κ2) is 7.04. The number of carboxylic acids is 2. The van der Waals surface area contributed by atoms with Gasteiger partial charge in [-0.2, -0.15) is 0 Å². The molecule has 1 aromatic carbocycles. The van der Waals surface area contributed by atoms with Gasteiger partial charge in [0.25, 0.3) is 0 Å². The van der Waals surface area contributed by atoms with Gasteiger partial charge in [0.1, 0.15) is 5.75 Å². The highest BCUT2D eigenvalue weighted by Crippen LogP contribution is 2.16. The first kappa shape index (κ1) is 16.9. The van der Waals surface area contributed by atoms with Gasteiger partial charge in [-0.3, -0.25) is 0 Å². The van der Waals surface area contributed by atoms with Crippen LogP contribution in [0.2, 0.25) is 0 Å². The molecule has 0 heterocycles. The maximum absolute atomic E-state index is 11.9. The van der Waals surface area contributed by atoms with Crippen LogP contribution in [0.15, 0.2) is 29.2 Å². The van der Waals surface area contributed by atoms with Gasteiger partial charge in [0.05, 0.1) is 23.5 Å². The molecule has 0 aliphatic heterocycles. The Morgan fingerprint density at radius 2 is 1.81 bits per heavy atom. The van der Waals surface area contributed by atoms with Gasteiger partial charge in [0.2, 0.25) is 10.0 Å². The van der Waals surface area contributed by atoms with Crippen LogP contribution in [0.5, 0.6) is 5.75 Å². The Balaban J connectivity index is 2.93. The first-order valence-corrected chi connectivity index (χ1v) is 7.40. The number of benzene rings is 1. The number of aliphatic carboxylic acids is 2. The molecule has 0 bridgehead atoms. The minimum absolute atomic E-state index is 0.226. The summed E-state index contributed by atoms with van der Waals surface area (Å²) in [4.78, 5) is 20.9. The highest BCUT2D eigenvalue weighted by Gasteiger charge is 2.21. The van der Waals surface area contributed by atoms with Gasteiger partial charge < -0.3 is 24.5 Å². The molecule has 0 aliphatic rings. The zero-order chi connectivity index (χ0) is 16.0. The lowest BCUT2D eigenvalue weighted by Crippen LogP contribution is -2.50. The average molecular weight is 315 g/mol. The molecule has 1 atom stereocenters. The third-order valence-electron chi connectivity index (χ3n) is 2.40. The zero-order valence-corrected chi connectivity index (χ0v) is 11.9. The number of hydrogen-bond donors (Lipinski definition) is 1. The summed E-state index contributed by atoms with van der Waals surface area (Å²) in [6.07, 6.45) is -1.03. The van der Waals surface area contributed by atoms with Crippen LogP contribution >= 0.6 is 0 Å². The summed E-state index contributed by atoms with van der Waals surface area (Å²) < 4.78 is 30.8. The van der Waals surface area contributed by atoms with Crippen molar-refractivity contribution in [1.29, 1.82) is 0 Å². The van der Waals surface area contributed by atoms with Crippen LogP contribution in [0.1, 0.15) is 13.3 Å². The predicted octanol–water partition coefficient (Wildman–Crippen LogP) is -2.38. The van der Waals surface area contributed by atoms with E-state index in [4.69, 9.17) is 4.74 Å². The van der Waals surface area contributed by atoms with Crippen LogP contribution in [0, 0.1) is 0 Å². The average Bonchev–Trinajstić information content (AvgIpc) is 2.38. The predicted molar refractivity (Wildman–Crippen MR) is 66.4 cm³/mol. The van der Waals surface area contributed by atoms with E-state index in [0.717, 1.165) is 0 Å². The standard InChI is InChI=1S/C12H15NO7S/c1-2-20-8-3-5-9(6-4-8)21(18,19)13-10(12(16)17)7-11(14)15/h3-6,10,13H,2,7H2,1H3,(H,14,15)(H,16,17)/p-2/t10-/m1/s1. The highest BCUT2D eigenvalue weighted by molar-refractivity contribution is 7.89. The summed E-state index contributed by atoms with van der Waals surface area (Å²) in [6, 6.07) is 3.29. The molecule has 0 unspecified atom stereocenters. The number of carboxylic acid groups (broad SMARTS) is 2. The lowest BCUT2D eigenvalue weighted by Gasteiger charge is -2.20. The first-order valence-electron chi connectivity index (χ1n) is 5.92. The Morgan fingerprint density at radius 1 is 1.24 bits per heavy atom. The third-order valence-corrected chi connectivity index (χ3v) is 3.89. The molecule has 21 heavy (non-hydrogen) atoms. The van der Waals surface area contributed by atoms with Gasteiger partial charge in [-0.25, -0.2) is 13.1 Å². The Morgan fingerprint density at radius 3 is 2.24 bits per heavy atom. The van der Waals surface area contributed by atoms with Crippen molar-refractivity contribution >= 4 is 22.0 Å². The Labute approximate surface area is 121 Å². The second-order valence-corrected chi connectivity index (χ2v) is 5.69. The van der Waals surface area contributed by atoms with Crippen molar-refractivity contribution in [1.82, 2.24) is 4.72 Å². The van der Waals surface area contributed by atoms with Crippen molar-refractivity contribution in [2.24, 2.45) is 0 Å². The van der Waals surface area contributed by atoms with E-state index >= 15 is 0 Å². The monoisotopic (exact) mass is 315 g/mol. The van der Waals surface area contributed by atoms with Crippen molar-refractivity contribution in [3.8, 4) is 5.75 Å². The maximum atomic E-state index is 11.9. The minimum Gasteiger partial charge on any atom is -0.550 e. The molecule has 0 radical (unpaired) electrons. The molecule has 0 amide bonds. The fraction of sp³-hybridized carbons (Fsp3) is 0.333. The number of sulfonamides is 1. The van der Waals surface area contributed by atoms with Crippen molar-refractivity contribution in [2.75, 3.05) is 6.61 Å². The van der Waals surface area contributed by atoms with E-state index in [9.17, 15) is 28.2 Å². The van der Waals surface area contributed by atoms with Crippen LogP contribution in [0.25, 0.3) is 0 Å². The number of rotatable bonds is 8. The van der Waals surface area contributed by atoms with Crippen LogP contribution in [0.4, 0.5) is 0 Å². The van der Waals surface area contributed by atoms with Crippen molar-refractivity contribution in [3.63, 3.8) is 0 Å². The van der Waals surface area contributed by atoms with E-state index in [-0.39, 0.29) is 4.90 Å². The molecule has 0 aromatic heterocycles.